The Morgan fingerprint density at radius 3 is 2.82 bits per heavy atom. The third kappa shape index (κ3) is 2.64. The first kappa shape index (κ1) is 12.5. The predicted octanol–water partition coefficient (Wildman–Crippen LogP) is 2.83. The molecule has 0 radical (unpaired) electrons. The van der Waals surface area contributed by atoms with E-state index in [4.69, 9.17) is 21.4 Å². The molecule has 2 rings (SSSR count). The van der Waals surface area contributed by atoms with E-state index in [0.29, 0.717) is 10.9 Å². The maximum atomic E-state index is 11.1. The van der Waals surface area contributed by atoms with Crippen LogP contribution in [0.1, 0.15) is 36.3 Å². The molecule has 0 amide bonds. The molecule has 2 heterocycles. The molecular formula is C12H16ClNO3. The molecule has 94 valence electrons. The summed E-state index contributed by atoms with van der Waals surface area (Å²) in [4.78, 5) is 11.1. The van der Waals surface area contributed by atoms with Crippen molar-refractivity contribution in [3.63, 3.8) is 0 Å². The SMILES string of the molecule is CC(C1CCOCC1)n1cc(Cl)cc1C(=O)O. The van der Waals surface area contributed by atoms with E-state index in [2.05, 4.69) is 0 Å². The highest BCUT2D eigenvalue weighted by molar-refractivity contribution is 6.30. The van der Waals surface area contributed by atoms with E-state index < -0.39 is 5.97 Å². The van der Waals surface area contributed by atoms with Crippen molar-refractivity contribution in [2.24, 2.45) is 5.92 Å². The first-order valence-electron chi connectivity index (χ1n) is 5.78. The van der Waals surface area contributed by atoms with Gasteiger partial charge in [-0.1, -0.05) is 11.6 Å². The second kappa shape index (κ2) is 5.10. The van der Waals surface area contributed by atoms with Crippen LogP contribution < -0.4 is 0 Å². The summed E-state index contributed by atoms with van der Waals surface area (Å²) in [5.74, 6) is -0.485. The van der Waals surface area contributed by atoms with E-state index in [0.717, 1.165) is 26.1 Å². The van der Waals surface area contributed by atoms with Gasteiger partial charge in [0.25, 0.3) is 0 Å². The molecule has 1 fully saturated rings. The Bertz CT molecular complexity index is 410. The van der Waals surface area contributed by atoms with Crippen LogP contribution in [0.3, 0.4) is 0 Å². The summed E-state index contributed by atoms with van der Waals surface area (Å²) in [6.07, 6.45) is 3.64. The summed E-state index contributed by atoms with van der Waals surface area (Å²) in [6.45, 7) is 3.55. The number of carboxylic acid groups (broad SMARTS) is 1. The Hall–Kier alpha value is -1.00. The molecule has 0 saturated carbocycles. The van der Waals surface area contributed by atoms with E-state index in [1.165, 1.54) is 6.07 Å². The molecule has 1 unspecified atom stereocenters. The molecule has 0 bridgehead atoms. The van der Waals surface area contributed by atoms with Crippen molar-refractivity contribution in [2.75, 3.05) is 13.2 Å². The summed E-state index contributed by atoms with van der Waals surface area (Å²) in [7, 11) is 0. The quantitative estimate of drug-likeness (QED) is 0.906. The number of rotatable bonds is 3. The fraction of sp³-hybridized carbons (Fsp3) is 0.583. The van der Waals surface area contributed by atoms with Crippen molar-refractivity contribution in [3.8, 4) is 0 Å². The number of carboxylic acids is 1. The van der Waals surface area contributed by atoms with Gasteiger partial charge in [0.05, 0.1) is 5.02 Å². The van der Waals surface area contributed by atoms with Crippen LogP contribution in [-0.4, -0.2) is 28.9 Å². The molecule has 1 aromatic heterocycles. The van der Waals surface area contributed by atoms with Crippen LogP contribution >= 0.6 is 11.6 Å². The fourth-order valence-electron chi connectivity index (χ4n) is 2.38. The number of aromatic nitrogens is 1. The van der Waals surface area contributed by atoms with Gasteiger partial charge in [-0.15, -0.1) is 0 Å². The second-order valence-corrected chi connectivity index (χ2v) is 4.88. The number of halogens is 1. The lowest BCUT2D eigenvalue weighted by Gasteiger charge is -2.29. The number of nitrogens with zero attached hydrogens (tertiary/aromatic N) is 1. The molecule has 1 atom stereocenters. The average Bonchev–Trinajstić information content (AvgIpc) is 2.72. The lowest BCUT2D eigenvalue weighted by atomic mass is 9.92. The van der Waals surface area contributed by atoms with Gasteiger partial charge in [0.2, 0.25) is 0 Å². The van der Waals surface area contributed by atoms with Crippen molar-refractivity contribution >= 4 is 17.6 Å². The number of aromatic carboxylic acids is 1. The zero-order valence-corrected chi connectivity index (χ0v) is 10.5. The molecule has 1 saturated heterocycles. The van der Waals surface area contributed by atoms with Crippen molar-refractivity contribution in [1.29, 1.82) is 0 Å². The third-order valence-electron chi connectivity index (χ3n) is 3.42. The lowest BCUT2D eigenvalue weighted by molar-refractivity contribution is 0.0497. The minimum atomic E-state index is -0.934. The van der Waals surface area contributed by atoms with Crippen molar-refractivity contribution in [2.45, 2.75) is 25.8 Å². The van der Waals surface area contributed by atoms with Crippen LogP contribution in [0.15, 0.2) is 12.3 Å². The summed E-state index contributed by atoms with van der Waals surface area (Å²) in [6, 6.07) is 1.64. The lowest BCUT2D eigenvalue weighted by Crippen LogP contribution is -2.25. The minimum Gasteiger partial charge on any atom is -0.477 e. The van der Waals surface area contributed by atoms with E-state index in [1.54, 1.807) is 10.8 Å². The molecule has 0 spiro atoms. The molecule has 1 aromatic rings. The van der Waals surface area contributed by atoms with E-state index >= 15 is 0 Å². The monoisotopic (exact) mass is 257 g/mol. The second-order valence-electron chi connectivity index (χ2n) is 4.45. The highest BCUT2D eigenvalue weighted by Crippen LogP contribution is 2.30. The average molecular weight is 258 g/mol. The van der Waals surface area contributed by atoms with Gasteiger partial charge < -0.3 is 14.4 Å². The van der Waals surface area contributed by atoms with Gasteiger partial charge in [-0.3, -0.25) is 0 Å². The standard InChI is InChI=1S/C12H16ClNO3/c1-8(9-2-4-17-5-3-9)14-7-10(13)6-11(14)12(15)16/h6-9H,2-5H2,1H3,(H,15,16). The predicted molar refractivity (Wildman–Crippen MR) is 64.7 cm³/mol. The van der Waals surface area contributed by atoms with Gasteiger partial charge >= 0.3 is 5.97 Å². The normalized spacial score (nSPS) is 19.2. The van der Waals surface area contributed by atoms with Gasteiger partial charge in [-0.25, -0.2) is 4.79 Å². The van der Waals surface area contributed by atoms with Crippen LogP contribution in [0.25, 0.3) is 0 Å². The highest BCUT2D eigenvalue weighted by atomic mass is 35.5. The Morgan fingerprint density at radius 1 is 1.59 bits per heavy atom. The first-order valence-corrected chi connectivity index (χ1v) is 6.16. The van der Waals surface area contributed by atoms with Gasteiger partial charge in [-0.05, 0) is 31.7 Å². The van der Waals surface area contributed by atoms with Gasteiger partial charge in [0, 0.05) is 25.5 Å². The Morgan fingerprint density at radius 2 is 2.24 bits per heavy atom. The van der Waals surface area contributed by atoms with Crippen LogP contribution in [-0.2, 0) is 4.74 Å². The zero-order valence-electron chi connectivity index (χ0n) is 9.73. The van der Waals surface area contributed by atoms with Crippen LogP contribution in [0, 0.1) is 5.92 Å². The molecule has 1 N–H and O–H groups in total. The zero-order chi connectivity index (χ0) is 12.4. The molecule has 4 nitrogen and oxygen atoms in total. The van der Waals surface area contributed by atoms with Gasteiger partial charge in [0.15, 0.2) is 0 Å². The van der Waals surface area contributed by atoms with Crippen LogP contribution in [0.2, 0.25) is 5.02 Å². The number of ether oxygens (including phenoxy) is 1. The Labute approximate surface area is 105 Å². The largest absolute Gasteiger partial charge is 0.477 e. The summed E-state index contributed by atoms with van der Waals surface area (Å²) >= 11 is 5.88. The number of carbonyl (C=O) groups is 1. The molecule has 17 heavy (non-hydrogen) atoms. The van der Waals surface area contributed by atoms with Gasteiger partial charge in [-0.2, -0.15) is 0 Å². The molecule has 1 aliphatic heterocycles. The Balaban J connectivity index is 2.22. The number of hydrogen-bond donors (Lipinski definition) is 1. The Kier molecular flexibility index (Phi) is 3.74. The smallest absolute Gasteiger partial charge is 0.352 e. The molecule has 0 aromatic carbocycles. The van der Waals surface area contributed by atoms with Crippen LogP contribution in [0.4, 0.5) is 0 Å². The summed E-state index contributed by atoms with van der Waals surface area (Å²) < 4.78 is 7.08. The van der Waals surface area contributed by atoms with Crippen molar-refractivity contribution in [3.05, 3.63) is 23.0 Å². The van der Waals surface area contributed by atoms with E-state index in [-0.39, 0.29) is 11.7 Å². The third-order valence-corrected chi connectivity index (χ3v) is 3.63. The minimum absolute atomic E-state index is 0.137. The van der Waals surface area contributed by atoms with Crippen LogP contribution in [0.5, 0.6) is 0 Å². The summed E-state index contributed by atoms with van der Waals surface area (Å²) in [5.41, 5.74) is 0.258. The van der Waals surface area contributed by atoms with Crippen molar-refractivity contribution in [1.82, 2.24) is 4.57 Å². The topological polar surface area (TPSA) is 51.5 Å². The van der Waals surface area contributed by atoms with E-state index in [9.17, 15) is 4.79 Å². The molecule has 1 aliphatic rings. The van der Waals surface area contributed by atoms with E-state index in [1.807, 2.05) is 6.92 Å². The highest BCUT2D eigenvalue weighted by Gasteiger charge is 2.25. The molecule has 0 aliphatic carbocycles. The maximum absolute atomic E-state index is 11.1. The first-order chi connectivity index (χ1) is 8.09. The van der Waals surface area contributed by atoms with Gasteiger partial charge in [0.1, 0.15) is 5.69 Å². The molecule has 5 heteroatoms. The fourth-order valence-corrected chi connectivity index (χ4v) is 2.59. The number of hydrogen-bond acceptors (Lipinski definition) is 2. The summed E-state index contributed by atoms with van der Waals surface area (Å²) in [5, 5.41) is 9.60. The van der Waals surface area contributed by atoms with Crippen molar-refractivity contribution < 1.29 is 14.6 Å². The molecular weight excluding hydrogens is 242 g/mol. The maximum Gasteiger partial charge on any atom is 0.352 e.